The molecule has 0 radical (unpaired) electrons. The third kappa shape index (κ3) is 1.58. The number of aryl methyl sites for hydroxylation is 1. The zero-order valence-corrected chi connectivity index (χ0v) is 6.35. The van der Waals surface area contributed by atoms with E-state index in [1.165, 1.54) is 6.33 Å². The number of hydrogen-bond acceptors (Lipinski definition) is 1. The third-order valence-corrected chi connectivity index (χ3v) is 1.48. The summed E-state index contributed by atoms with van der Waals surface area (Å²) in [6, 6.07) is 0. The molecule has 0 aliphatic heterocycles. The smallest absolute Gasteiger partial charge is 0.380 e. The Morgan fingerprint density at radius 1 is 1.82 bits per heavy atom. The first kappa shape index (κ1) is 7.78. The van der Waals surface area contributed by atoms with Gasteiger partial charge in [-0.3, -0.25) is 0 Å². The van der Waals surface area contributed by atoms with Crippen LogP contribution in [0.25, 0.3) is 0 Å². The number of H-pyrrole nitrogens is 2. The Bertz CT molecular complexity index is 255. The number of aromatic amines is 2. The van der Waals surface area contributed by atoms with Crippen LogP contribution in [0, 0.1) is 0 Å². The molecule has 0 aliphatic rings. The van der Waals surface area contributed by atoms with Crippen LogP contribution in [0.5, 0.6) is 0 Å². The standard InChI is InChI=1S/C7H10N2O2/c1-2-3-5-6(7(10)11)9-4-8-5/h4H,2-3H2,1H3,(H,8,9)(H,10,11)/p+1. The quantitative estimate of drug-likeness (QED) is 0.666. The van der Waals surface area contributed by atoms with Crippen LogP contribution >= 0.6 is 0 Å². The Hall–Kier alpha value is -1.32. The molecule has 0 aromatic carbocycles. The Labute approximate surface area is 64.3 Å². The topological polar surface area (TPSA) is 67.2 Å². The molecule has 3 N–H and O–H groups in total. The SMILES string of the molecule is CCCc1[nH]c[nH+]c1C(=O)O. The van der Waals surface area contributed by atoms with Crippen molar-refractivity contribution >= 4 is 5.97 Å². The highest BCUT2D eigenvalue weighted by molar-refractivity contribution is 5.84. The number of carbonyl (C=O) groups is 1. The van der Waals surface area contributed by atoms with E-state index < -0.39 is 5.97 Å². The molecule has 1 rings (SSSR count). The van der Waals surface area contributed by atoms with Gasteiger partial charge in [0.15, 0.2) is 5.69 Å². The molecule has 0 saturated carbocycles. The van der Waals surface area contributed by atoms with Crippen molar-refractivity contribution in [1.29, 1.82) is 0 Å². The first-order chi connectivity index (χ1) is 5.25. The van der Waals surface area contributed by atoms with Crippen LogP contribution in [0.4, 0.5) is 0 Å². The fraction of sp³-hybridized carbons (Fsp3) is 0.429. The lowest BCUT2D eigenvalue weighted by molar-refractivity contribution is -0.381. The van der Waals surface area contributed by atoms with Crippen LogP contribution in [0.1, 0.15) is 29.5 Å². The lowest BCUT2D eigenvalue weighted by Gasteiger charge is -1.88. The minimum Gasteiger partial charge on any atom is -0.475 e. The first-order valence-corrected chi connectivity index (χ1v) is 3.57. The van der Waals surface area contributed by atoms with Crippen molar-refractivity contribution in [2.45, 2.75) is 19.8 Å². The molecule has 1 aromatic heterocycles. The van der Waals surface area contributed by atoms with Crippen molar-refractivity contribution in [3.05, 3.63) is 17.7 Å². The molecule has 4 heteroatoms. The summed E-state index contributed by atoms with van der Waals surface area (Å²) in [4.78, 5) is 16.0. The molecule has 0 atom stereocenters. The Kier molecular flexibility index (Phi) is 2.25. The number of aromatic nitrogens is 2. The predicted molar refractivity (Wildman–Crippen MR) is 38.3 cm³/mol. The molecule has 0 unspecified atom stereocenters. The van der Waals surface area contributed by atoms with E-state index in [1.54, 1.807) is 0 Å². The summed E-state index contributed by atoms with van der Waals surface area (Å²) in [6.07, 6.45) is 3.24. The Morgan fingerprint density at radius 3 is 3.09 bits per heavy atom. The maximum absolute atomic E-state index is 10.5. The molecule has 11 heavy (non-hydrogen) atoms. The van der Waals surface area contributed by atoms with E-state index in [1.807, 2.05) is 6.92 Å². The number of rotatable bonds is 3. The molecule has 1 aromatic rings. The number of imidazole rings is 1. The zero-order valence-electron chi connectivity index (χ0n) is 6.35. The van der Waals surface area contributed by atoms with Gasteiger partial charge in [0.2, 0.25) is 6.33 Å². The molecule has 4 nitrogen and oxygen atoms in total. The van der Waals surface area contributed by atoms with Gasteiger partial charge in [0.25, 0.3) is 5.69 Å². The summed E-state index contributed by atoms with van der Waals surface area (Å²) in [7, 11) is 0. The van der Waals surface area contributed by atoms with Gasteiger partial charge in [-0.2, -0.15) is 0 Å². The van der Waals surface area contributed by atoms with Crippen molar-refractivity contribution < 1.29 is 14.9 Å². The highest BCUT2D eigenvalue weighted by atomic mass is 16.4. The van der Waals surface area contributed by atoms with Gasteiger partial charge in [0, 0.05) is 6.42 Å². The van der Waals surface area contributed by atoms with Crippen molar-refractivity contribution in [3.63, 3.8) is 0 Å². The molecule has 1 heterocycles. The van der Waals surface area contributed by atoms with Gasteiger partial charge < -0.3 is 5.11 Å². The van der Waals surface area contributed by atoms with Crippen molar-refractivity contribution in [2.75, 3.05) is 0 Å². The van der Waals surface area contributed by atoms with Crippen molar-refractivity contribution in [3.8, 4) is 0 Å². The second-order valence-corrected chi connectivity index (χ2v) is 2.34. The van der Waals surface area contributed by atoms with E-state index in [0.29, 0.717) is 0 Å². The molecule has 0 aliphatic carbocycles. The molecule has 0 spiro atoms. The molecule has 60 valence electrons. The lowest BCUT2D eigenvalue weighted by Crippen LogP contribution is -2.13. The summed E-state index contributed by atoms with van der Waals surface area (Å²) in [5.41, 5.74) is 1.03. The van der Waals surface area contributed by atoms with Gasteiger partial charge in [-0.05, 0) is 6.42 Å². The monoisotopic (exact) mass is 155 g/mol. The average molecular weight is 155 g/mol. The van der Waals surface area contributed by atoms with Gasteiger partial charge in [0.05, 0.1) is 0 Å². The minimum absolute atomic E-state index is 0.270. The maximum atomic E-state index is 10.5. The number of aromatic carboxylic acids is 1. The summed E-state index contributed by atoms with van der Waals surface area (Å²) >= 11 is 0. The maximum Gasteiger partial charge on any atom is 0.380 e. The first-order valence-electron chi connectivity index (χ1n) is 3.57. The highest BCUT2D eigenvalue weighted by Crippen LogP contribution is 2.01. The molecular weight excluding hydrogens is 144 g/mol. The predicted octanol–water partition coefficient (Wildman–Crippen LogP) is 0.479. The van der Waals surface area contributed by atoms with Gasteiger partial charge in [-0.25, -0.2) is 14.8 Å². The van der Waals surface area contributed by atoms with Crippen LogP contribution in [-0.2, 0) is 6.42 Å². The summed E-state index contributed by atoms with van der Waals surface area (Å²) in [6.45, 7) is 2.01. The summed E-state index contributed by atoms with van der Waals surface area (Å²) in [5.74, 6) is -0.908. The average Bonchev–Trinajstić information content (AvgIpc) is 2.36. The van der Waals surface area contributed by atoms with E-state index in [4.69, 9.17) is 5.11 Å². The van der Waals surface area contributed by atoms with Crippen LogP contribution in [-0.4, -0.2) is 16.1 Å². The molecular formula is C7H11N2O2+. The largest absolute Gasteiger partial charge is 0.475 e. The van der Waals surface area contributed by atoms with E-state index in [0.717, 1.165) is 18.5 Å². The molecule has 0 amide bonds. The number of carboxylic acids is 1. The number of hydrogen-bond donors (Lipinski definition) is 2. The van der Waals surface area contributed by atoms with Crippen LogP contribution in [0.3, 0.4) is 0 Å². The van der Waals surface area contributed by atoms with E-state index in [-0.39, 0.29) is 5.69 Å². The molecule has 0 saturated heterocycles. The fourth-order valence-electron chi connectivity index (χ4n) is 0.993. The van der Waals surface area contributed by atoms with Gasteiger partial charge in [-0.1, -0.05) is 6.92 Å². The molecule has 0 fully saturated rings. The summed E-state index contributed by atoms with van der Waals surface area (Å²) < 4.78 is 0. The lowest BCUT2D eigenvalue weighted by atomic mass is 10.2. The van der Waals surface area contributed by atoms with Gasteiger partial charge in [-0.15, -0.1) is 0 Å². The van der Waals surface area contributed by atoms with Crippen LogP contribution in [0.15, 0.2) is 6.33 Å². The second kappa shape index (κ2) is 3.18. The molecule has 0 bridgehead atoms. The zero-order chi connectivity index (χ0) is 8.27. The third-order valence-electron chi connectivity index (χ3n) is 1.48. The minimum atomic E-state index is -0.908. The highest BCUT2D eigenvalue weighted by Gasteiger charge is 2.17. The van der Waals surface area contributed by atoms with E-state index >= 15 is 0 Å². The Morgan fingerprint density at radius 2 is 2.55 bits per heavy atom. The Balaban J connectivity index is 2.87. The number of carboxylic acid groups (broad SMARTS) is 1. The van der Waals surface area contributed by atoms with Crippen LogP contribution in [0.2, 0.25) is 0 Å². The second-order valence-electron chi connectivity index (χ2n) is 2.34. The van der Waals surface area contributed by atoms with Crippen molar-refractivity contribution in [2.24, 2.45) is 0 Å². The van der Waals surface area contributed by atoms with E-state index in [9.17, 15) is 4.79 Å². The van der Waals surface area contributed by atoms with Gasteiger partial charge in [0.1, 0.15) is 0 Å². The van der Waals surface area contributed by atoms with Gasteiger partial charge >= 0.3 is 5.97 Å². The fourth-order valence-corrected chi connectivity index (χ4v) is 0.993. The van der Waals surface area contributed by atoms with E-state index in [2.05, 4.69) is 9.97 Å². The number of nitrogens with one attached hydrogen (secondary N) is 2. The normalized spacial score (nSPS) is 9.91. The van der Waals surface area contributed by atoms with Crippen LogP contribution < -0.4 is 4.98 Å². The van der Waals surface area contributed by atoms with Crippen molar-refractivity contribution in [1.82, 2.24) is 4.98 Å². The summed E-state index contributed by atoms with van der Waals surface area (Å²) in [5, 5.41) is 8.63.